The van der Waals surface area contributed by atoms with Gasteiger partial charge in [0.15, 0.2) is 5.79 Å². The number of hydrogen-bond acceptors (Lipinski definition) is 3. The minimum Gasteiger partial charge on any atom is -0.405 e. The molecule has 0 aromatic heterocycles. The first-order valence-corrected chi connectivity index (χ1v) is 10.7. The zero-order valence-corrected chi connectivity index (χ0v) is 15.6. The minimum atomic E-state index is -2.39. The summed E-state index contributed by atoms with van der Waals surface area (Å²) in [6.45, 7) is 6.59. The lowest BCUT2D eigenvalue weighted by Gasteiger charge is -2.34. The molecule has 1 heterocycles. The largest absolute Gasteiger partial charge is 0.405 e. The van der Waals surface area contributed by atoms with Crippen molar-refractivity contribution in [3.05, 3.63) is 60.7 Å². The number of hydrogen-bond donors (Lipinski definition) is 1. The normalized spacial score (nSPS) is 23.5. The van der Waals surface area contributed by atoms with Gasteiger partial charge < -0.3 is 14.3 Å². The maximum Gasteiger partial charge on any atom is 0.256 e. The van der Waals surface area contributed by atoms with Crippen molar-refractivity contribution in [1.82, 2.24) is 0 Å². The first-order valence-electron chi connectivity index (χ1n) is 8.59. The van der Waals surface area contributed by atoms with E-state index in [-0.39, 0.29) is 6.10 Å². The molecule has 4 heteroatoms. The fourth-order valence-corrected chi connectivity index (χ4v) is 7.58. The fourth-order valence-electron chi connectivity index (χ4n) is 3.28. The van der Waals surface area contributed by atoms with E-state index >= 15 is 0 Å². The fraction of sp³-hybridized carbons (Fsp3) is 0.400. The standard InChI is InChI=1S/C20H26O3Si/c1-16(2)15-24(17-10-6-4-7-11-17,18-12-8-5-9-13-18)22-14-19-20(3,21)23-19/h4-13,16,19,21H,14-15H2,1-3H3. The highest BCUT2D eigenvalue weighted by Gasteiger charge is 2.53. The third kappa shape index (κ3) is 3.62. The summed E-state index contributed by atoms with van der Waals surface area (Å²) in [5, 5.41) is 12.5. The molecule has 0 aliphatic carbocycles. The lowest BCUT2D eigenvalue weighted by atomic mass is 10.3. The molecule has 0 radical (unpaired) electrons. The molecule has 128 valence electrons. The molecule has 1 N–H and O–H groups in total. The van der Waals surface area contributed by atoms with Gasteiger partial charge in [0.1, 0.15) is 6.10 Å². The van der Waals surface area contributed by atoms with Gasteiger partial charge in [0.05, 0.1) is 6.61 Å². The Kier molecular flexibility index (Phi) is 4.92. The van der Waals surface area contributed by atoms with Crippen LogP contribution >= 0.6 is 0 Å². The molecule has 1 fully saturated rings. The summed E-state index contributed by atoms with van der Waals surface area (Å²) < 4.78 is 12.0. The van der Waals surface area contributed by atoms with Gasteiger partial charge in [0, 0.05) is 0 Å². The van der Waals surface area contributed by atoms with E-state index in [1.54, 1.807) is 6.92 Å². The molecule has 0 saturated carbocycles. The molecule has 2 unspecified atom stereocenters. The SMILES string of the molecule is CC(C)C[Si](OCC1OC1(C)O)(c1ccccc1)c1ccccc1. The van der Waals surface area contributed by atoms with Gasteiger partial charge in [0.2, 0.25) is 0 Å². The van der Waals surface area contributed by atoms with Gasteiger partial charge in [-0.05, 0) is 29.3 Å². The summed E-state index contributed by atoms with van der Waals surface area (Å²) in [7, 11) is -2.39. The molecular weight excluding hydrogens is 316 g/mol. The van der Waals surface area contributed by atoms with Gasteiger partial charge in [-0.1, -0.05) is 74.5 Å². The van der Waals surface area contributed by atoms with Gasteiger partial charge in [-0.15, -0.1) is 0 Å². The van der Waals surface area contributed by atoms with Crippen LogP contribution in [0.15, 0.2) is 60.7 Å². The van der Waals surface area contributed by atoms with Gasteiger partial charge >= 0.3 is 0 Å². The van der Waals surface area contributed by atoms with Crippen molar-refractivity contribution < 1.29 is 14.3 Å². The summed E-state index contributed by atoms with van der Waals surface area (Å²) in [6.07, 6.45) is -0.232. The number of aliphatic hydroxyl groups is 1. The third-order valence-corrected chi connectivity index (χ3v) is 9.16. The van der Waals surface area contributed by atoms with E-state index in [0.717, 1.165) is 6.04 Å². The van der Waals surface area contributed by atoms with E-state index in [4.69, 9.17) is 9.16 Å². The van der Waals surface area contributed by atoms with Crippen LogP contribution in [0.5, 0.6) is 0 Å². The molecule has 0 spiro atoms. The van der Waals surface area contributed by atoms with Crippen LogP contribution < -0.4 is 10.4 Å². The Balaban J connectivity index is 1.99. The summed E-state index contributed by atoms with van der Waals surface area (Å²) in [5.41, 5.74) is 0. The van der Waals surface area contributed by atoms with Gasteiger partial charge in [-0.2, -0.15) is 0 Å². The molecule has 3 nitrogen and oxygen atoms in total. The number of epoxide rings is 1. The molecule has 1 aliphatic heterocycles. The van der Waals surface area contributed by atoms with Crippen LogP contribution in [0, 0.1) is 5.92 Å². The molecule has 24 heavy (non-hydrogen) atoms. The molecule has 2 aromatic rings. The average Bonchev–Trinajstić information content (AvgIpc) is 3.20. The average molecular weight is 343 g/mol. The van der Waals surface area contributed by atoms with Crippen molar-refractivity contribution in [1.29, 1.82) is 0 Å². The van der Waals surface area contributed by atoms with Crippen LogP contribution in [0.3, 0.4) is 0 Å². The monoisotopic (exact) mass is 342 g/mol. The third-order valence-electron chi connectivity index (χ3n) is 4.58. The van der Waals surface area contributed by atoms with E-state index in [2.05, 4.69) is 62.4 Å². The quantitative estimate of drug-likeness (QED) is 0.621. The second-order valence-electron chi connectivity index (χ2n) is 7.13. The summed E-state index contributed by atoms with van der Waals surface area (Å²) in [6, 6.07) is 22.1. The highest BCUT2D eigenvalue weighted by atomic mass is 28.4. The van der Waals surface area contributed by atoms with Crippen molar-refractivity contribution in [2.45, 2.75) is 38.7 Å². The second-order valence-corrected chi connectivity index (χ2v) is 10.6. The Morgan fingerprint density at radius 3 is 1.88 bits per heavy atom. The first kappa shape index (κ1) is 17.4. The van der Waals surface area contributed by atoms with E-state index in [1.165, 1.54) is 10.4 Å². The van der Waals surface area contributed by atoms with E-state index in [9.17, 15) is 5.11 Å². The Labute approximate surface area is 145 Å². The van der Waals surface area contributed by atoms with E-state index in [0.29, 0.717) is 12.5 Å². The molecule has 2 atom stereocenters. The number of benzene rings is 2. The zero-order chi connectivity index (χ0) is 17.2. The van der Waals surface area contributed by atoms with Gasteiger partial charge in [0.25, 0.3) is 8.32 Å². The minimum absolute atomic E-state index is 0.232. The molecule has 0 bridgehead atoms. The molecular formula is C20H26O3Si. The van der Waals surface area contributed by atoms with E-state index in [1.807, 2.05) is 12.1 Å². The highest BCUT2D eigenvalue weighted by Crippen LogP contribution is 2.34. The zero-order valence-electron chi connectivity index (χ0n) is 14.6. The van der Waals surface area contributed by atoms with E-state index < -0.39 is 14.1 Å². The smallest absolute Gasteiger partial charge is 0.256 e. The molecule has 1 aliphatic rings. The van der Waals surface area contributed by atoms with Crippen LogP contribution in [-0.2, 0) is 9.16 Å². The Bertz CT molecular complexity index is 616. The van der Waals surface area contributed by atoms with Crippen molar-refractivity contribution in [2.75, 3.05) is 6.61 Å². The van der Waals surface area contributed by atoms with Crippen LogP contribution in [0.2, 0.25) is 6.04 Å². The van der Waals surface area contributed by atoms with Crippen LogP contribution in [0.1, 0.15) is 20.8 Å². The summed E-state index contributed by atoms with van der Waals surface area (Å²) >= 11 is 0. The maximum absolute atomic E-state index is 9.92. The van der Waals surface area contributed by atoms with Crippen molar-refractivity contribution in [3.63, 3.8) is 0 Å². The number of ether oxygens (including phenoxy) is 1. The van der Waals surface area contributed by atoms with Crippen molar-refractivity contribution >= 4 is 18.7 Å². The van der Waals surface area contributed by atoms with Gasteiger partial charge in [-0.25, -0.2) is 0 Å². The second kappa shape index (κ2) is 6.80. The number of rotatable bonds is 7. The molecule has 2 aromatic carbocycles. The van der Waals surface area contributed by atoms with Crippen molar-refractivity contribution in [3.8, 4) is 0 Å². The molecule has 0 amide bonds. The lowest BCUT2D eigenvalue weighted by Crippen LogP contribution is -2.62. The Morgan fingerprint density at radius 2 is 1.50 bits per heavy atom. The molecule has 3 rings (SSSR count). The van der Waals surface area contributed by atoms with Crippen LogP contribution in [-0.4, -0.2) is 31.9 Å². The lowest BCUT2D eigenvalue weighted by molar-refractivity contribution is 0.0549. The van der Waals surface area contributed by atoms with Crippen LogP contribution in [0.25, 0.3) is 0 Å². The first-order chi connectivity index (χ1) is 11.4. The summed E-state index contributed by atoms with van der Waals surface area (Å²) in [5.74, 6) is -0.525. The highest BCUT2D eigenvalue weighted by molar-refractivity contribution is 6.97. The van der Waals surface area contributed by atoms with Crippen molar-refractivity contribution in [2.24, 2.45) is 5.92 Å². The predicted molar refractivity (Wildman–Crippen MR) is 99.0 cm³/mol. The van der Waals surface area contributed by atoms with Crippen LogP contribution in [0.4, 0.5) is 0 Å². The topological polar surface area (TPSA) is 42.0 Å². The molecule has 1 saturated heterocycles. The predicted octanol–water partition coefficient (Wildman–Crippen LogP) is 2.53. The van der Waals surface area contributed by atoms with Gasteiger partial charge in [-0.3, -0.25) is 0 Å². The summed E-state index contributed by atoms with van der Waals surface area (Å²) in [4.78, 5) is 0. The maximum atomic E-state index is 9.92. The Hall–Kier alpha value is -1.46. The Morgan fingerprint density at radius 1 is 1.04 bits per heavy atom.